The van der Waals surface area contributed by atoms with E-state index in [1.54, 1.807) is 4.90 Å². The van der Waals surface area contributed by atoms with Crippen LogP contribution in [0.1, 0.15) is 32.3 Å². The first-order chi connectivity index (χ1) is 11.1. The Morgan fingerprint density at radius 3 is 2.87 bits per heavy atom. The van der Waals surface area contributed by atoms with E-state index < -0.39 is 0 Å². The second-order valence-corrected chi connectivity index (χ2v) is 6.50. The van der Waals surface area contributed by atoms with Gasteiger partial charge in [0.05, 0.1) is 18.8 Å². The summed E-state index contributed by atoms with van der Waals surface area (Å²) in [5.41, 5.74) is 2.03. The molecule has 23 heavy (non-hydrogen) atoms. The Morgan fingerprint density at radius 1 is 1.26 bits per heavy atom. The van der Waals surface area contributed by atoms with Gasteiger partial charge in [-0.15, -0.1) is 0 Å². The first-order valence-electron chi connectivity index (χ1n) is 8.35. The van der Waals surface area contributed by atoms with Crippen LogP contribution in [0.3, 0.4) is 0 Å². The van der Waals surface area contributed by atoms with Crippen LogP contribution in [0, 0.1) is 0 Å². The Balaban J connectivity index is 1.80. The van der Waals surface area contributed by atoms with Crippen molar-refractivity contribution in [2.24, 2.45) is 0 Å². The van der Waals surface area contributed by atoms with E-state index >= 15 is 0 Å². The van der Waals surface area contributed by atoms with Gasteiger partial charge in [0.25, 0.3) is 0 Å². The largest absolute Gasteiger partial charge is 0.375 e. The Kier molecular flexibility index (Phi) is 4.66. The summed E-state index contributed by atoms with van der Waals surface area (Å²) in [6.45, 7) is 5.22. The maximum Gasteiger partial charge on any atom is 0.243 e. The average molecular weight is 316 g/mol. The maximum atomic E-state index is 12.8. The Morgan fingerprint density at radius 2 is 2.04 bits per heavy atom. The van der Waals surface area contributed by atoms with Crippen LogP contribution in [0.4, 0.5) is 5.69 Å². The maximum absolute atomic E-state index is 12.8. The van der Waals surface area contributed by atoms with Crippen LogP contribution in [0.25, 0.3) is 0 Å². The number of fused-ring (bicyclic) bond motifs is 1. The highest BCUT2D eigenvalue weighted by Gasteiger charge is 2.31. The summed E-state index contributed by atoms with van der Waals surface area (Å²) in [4.78, 5) is 28.7. The van der Waals surface area contributed by atoms with Crippen LogP contribution >= 0.6 is 0 Å². The molecule has 5 heteroatoms. The number of hydrogen-bond donors (Lipinski definition) is 0. The number of para-hydroxylation sites is 1. The number of nitrogens with zero attached hydrogens (tertiary/aromatic N) is 2. The predicted octanol–water partition coefficient (Wildman–Crippen LogP) is 1.99. The zero-order valence-electron chi connectivity index (χ0n) is 13.8. The fourth-order valence-corrected chi connectivity index (χ4v) is 3.34. The van der Waals surface area contributed by atoms with E-state index in [0.717, 1.165) is 24.1 Å². The third-order valence-electron chi connectivity index (χ3n) is 4.64. The van der Waals surface area contributed by atoms with Crippen LogP contribution < -0.4 is 4.90 Å². The number of morpholine rings is 1. The van der Waals surface area contributed by atoms with E-state index in [4.69, 9.17) is 4.74 Å². The van der Waals surface area contributed by atoms with Crippen LogP contribution in [0.15, 0.2) is 24.3 Å². The van der Waals surface area contributed by atoms with E-state index in [9.17, 15) is 9.59 Å². The van der Waals surface area contributed by atoms with Gasteiger partial charge in [0.2, 0.25) is 11.8 Å². The Hall–Kier alpha value is -1.88. The second-order valence-electron chi connectivity index (χ2n) is 6.50. The van der Waals surface area contributed by atoms with Crippen LogP contribution in [-0.2, 0) is 20.7 Å². The molecule has 1 aromatic rings. The van der Waals surface area contributed by atoms with Gasteiger partial charge in [-0.2, -0.15) is 0 Å². The Bertz CT molecular complexity index is 602. The molecule has 2 heterocycles. The molecule has 0 radical (unpaired) electrons. The smallest absolute Gasteiger partial charge is 0.243 e. The molecule has 0 aromatic heterocycles. The predicted molar refractivity (Wildman–Crippen MR) is 88.3 cm³/mol. The molecule has 5 nitrogen and oxygen atoms in total. The highest BCUT2D eigenvalue weighted by molar-refractivity contribution is 5.99. The van der Waals surface area contributed by atoms with Crippen molar-refractivity contribution in [2.45, 2.75) is 45.3 Å². The molecule has 2 aliphatic rings. The number of ether oxygens (including phenoxy) is 1. The molecule has 0 N–H and O–H groups in total. The van der Waals surface area contributed by atoms with E-state index in [-0.39, 0.29) is 30.5 Å². The summed E-state index contributed by atoms with van der Waals surface area (Å²) in [5.74, 6) is 0.0370. The van der Waals surface area contributed by atoms with Crippen molar-refractivity contribution in [1.82, 2.24) is 4.90 Å². The first-order valence-corrected chi connectivity index (χ1v) is 8.35. The van der Waals surface area contributed by atoms with Crippen LogP contribution in [0.2, 0.25) is 0 Å². The minimum atomic E-state index is -0.00213. The van der Waals surface area contributed by atoms with Crippen molar-refractivity contribution in [1.29, 1.82) is 0 Å². The number of benzene rings is 1. The fourth-order valence-electron chi connectivity index (χ4n) is 3.34. The van der Waals surface area contributed by atoms with Crippen molar-refractivity contribution in [2.75, 3.05) is 24.6 Å². The summed E-state index contributed by atoms with van der Waals surface area (Å²) in [5, 5.41) is 0. The highest BCUT2D eigenvalue weighted by Crippen LogP contribution is 2.27. The van der Waals surface area contributed by atoms with Gasteiger partial charge in [0, 0.05) is 18.7 Å². The van der Waals surface area contributed by atoms with Crippen molar-refractivity contribution in [3.05, 3.63) is 29.8 Å². The normalized spacial score (nSPS) is 25.0. The third-order valence-corrected chi connectivity index (χ3v) is 4.64. The van der Waals surface area contributed by atoms with E-state index in [1.807, 2.05) is 43.0 Å². The summed E-state index contributed by atoms with van der Waals surface area (Å²) in [7, 11) is 0. The zero-order valence-corrected chi connectivity index (χ0v) is 13.8. The molecular weight excluding hydrogens is 292 g/mol. The van der Waals surface area contributed by atoms with Crippen LogP contribution in [-0.4, -0.2) is 48.6 Å². The number of carbonyl (C=O) groups excluding carboxylic acids is 2. The van der Waals surface area contributed by atoms with E-state index in [2.05, 4.69) is 0 Å². The molecule has 0 saturated carbocycles. The van der Waals surface area contributed by atoms with Gasteiger partial charge in [-0.1, -0.05) is 18.2 Å². The minimum absolute atomic E-state index is 0.00213. The minimum Gasteiger partial charge on any atom is -0.375 e. The lowest BCUT2D eigenvalue weighted by molar-refractivity contribution is -0.142. The van der Waals surface area contributed by atoms with Crippen molar-refractivity contribution in [3.63, 3.8) is 0 Å². The van der Waals surface area contributed by atoms with E-state index in [1.165, 1.54) is 0 Å². The monoisotopic (exact) mass is 316 g/mol. The van der Waals surface area contributed by atoms with Crippen molar-refractivity contribution in [3.8, 4) is 0 Å². The molecule has 0 aliphatic carbocycles. The molecule has 0 bridgehead atoms. The highest BCUT2D eigenvalue weighted by atomic mass is 16.5. The SMILES string of the molecule is CC1CN(C(=O)CN2C(=O)CCCc3ccccc32)C(C)CO1. The number of hydrogen-bond acceptors (Lipinski definition) is 3. The summed E-state index contributed by atoms with van der Waals surface area (Å²) in [6.07, 6.45) is 2.27. The molecule has 2 atom stereocenters. The topological polar surface area (TPSA) is 49.9 Å². The number of rotatable bonds is 2. The molecule has 0 spiro atoms. The van der Waals surface area contributed by atoms with Crippen LogP contribution in [0.5, 0.6) is 0 Å². The van der Waals surface area contributed by atoms with Gasteiger partial charge in [-0.25, -0.2) is 0 Å². The number of amides is 2. The summed E-state index contributed by atoms with van der Waals surface area (Å²) in [6, 6.07) is 7.95. The van der Waals surface area contributed by atoms with Gasteiger partial charge in [-0.3, -0.25) is 9.59 Å². The second kappa shape index (κ2) is 6.71. The lowest BCUT2D eigenvalue weighted by Crippen LogP contribution is -2.53. The standard InChI is InChI=1S/C18H24N2O3/c1-13-12-23-14(2)10-19(13)18(22)11-20-16-8-4-3-6-15(16)7-5-9-17(20)21/h3-4,6,8,13-14H,5,7,9-12H2,1-2H3. The number of aryl methyl sites for hydroxylation is 1. The number of anilines is 1. The molecule has 3 rings (SSSR count). The average Bonchev–Trinajstić information content (AvgIpc) is 2.69. The molecule has 2 aliphatic heterocycles. The first kappa shape index (κ1) is 16.0. The molecule has 124 valence electrons. The zero-order chi connectivity index (χ0) is 16.4. The quantitative estimate of drug-likeness (QED) is 0.838. The van der Waals surface area contributed by atoms with Crippen molar-refractivity contribution < 1.29 is 14.3 Å². The molecule has 1 aromatic carbocycles. The van der Waals surface area contributed by atoms with Gasteiger partial charge in [0.1, 0.15) is 6.54 Å². The number of carbonyl (C=O) groups is 2. The molecular formula is C18H24N2O3. The molecule has 2 amide bonds. The molecule has 1 fully saturated rings. The lowest BCUT2D eigenvalue weighted by atomic mass is 10.1. The fraction of sp³-hybridized carbons (Fsp3) is 0.556. The van der Waals surface area contributed by atoms with Gasteiger partial charge >= 0.3 is 0 Å². The van der Waals surface area contributed by atoms with E-state index in [0.29, 0.717) is 19.6 Å². The van der Waals surface area contributed by atoms with Crippen molar-refractivity contribution >= 4 is 17.5 Å². The van der Waals surface area contributed by atoms with Gasteiger partial charge in [-0.05, 0) is 38.3 Å². The van der Waals surface area contributed by atoms with Gasteiger partial charge in [0.15, 0.2) is 0 Å². The molecule has 2 unspecified atom stereocenters. The lowest BCUT2D eigenvalue weighted by Gasteiger charge is -2.38. The summed E-state index contributed by atoms with van der Waals surface area (Å²) >= 11 is 0. The Labute approximate surface area is 137 Å². The van der Waals surface area contributed by atoms with Gasteiger partial charge < -0.3 is 14.5 Å². The summed E-state index contributed by atoms with van der Waals surface area (Å²) < 4.78 is 5.58. The third kappa shape index (κ3) is 3.39. The molecule has 1 saturated heterocycles.